The van der Waals surface area contributed by atoms with Gasteiger partial charge in [-0.1, -0.05) is 0 Å². The molecule has 0 spiro atoms. The Morgan fingerprint density at radius 3 is 2.84 bits per heavy atom. The van der Waals surface area contributed by atoms with Crippen LogP contribution in [0.25, 0.3) is 20.8 Å². The lowest BCUT2D eigenvalue weighted by Gasteiger charge is -2.03. The number of thiazole rings is 1. The largest absolute Gasteiger partial charge is 0.482 e. The van der Waals surface area contributed by atoms with Crippen LogP contribution in [-0.2, 0) is 14.3 Å². The number of hydrogen-bond acceptors (Lipinski definition) is 7. The number of rotatable bonds is 5. The number of amides is 1. The highest BCUT2D eigenvalue weighted by Crippen LogP contribution is 2.32. The second-order valence-corrected chi connectivity index (χ2v) is 6.19. The molecule has 1 aromatic carbocycles. The predicted octanol–water partition coefficient (Wildman–Crippen LogP) is 2.87. The van der Waals surface area contributed by atoms with Crippen LogP contribution < -0.4 is 10.1 Å². The van der Waals surface area contributed by atoms with Crippen molar-refractivity contribution in [2.24, 2.45) is 0 Å². The highest BCUT2D eigenvalue weighted by molar-refractivity contribution is 7.21. The SMILES string of the molecule is COC(=O)COc1ccc2sc(-c3cncc(NC(C)=O)c3)nc2c1. The first-order valence-electron chi connectivity index (χ1n) is 7.38. The minimum absolute atomic E-state index is 0.151. The molecule has 25 heavy (non-hydrogen) atoms. The molecule has 1 N–H and O–H groups in total. The van der Waals surface area contributed by atoms with E-state index in [1.165, 1.54) is 25.4 Å². The first-order valence-corrected chi connectivity index (χ1v) is 8.20. The van der Waals surface area contributed by atoms with Gasteiger partial charge in [0.25, 0.3) is 0 Å². The van der Waals surface area contributed by atoms with Gasteiger partial charge in [0, 0.05) is 24.8 Å². The number of ether oxygens (including phenoxy) is 2. The molecule has 2 heterocycles. The summed E-state index contributed by atoms with van der Waals surface area (Å²) in [4.78, 5) is 31.0. The van der Waals surface area contributed by atoms with Crippen molar-refractivity contribution in [2.75, 3.05) is 19.0 Å². The van der Waals surface area contributed by atoms with E-state index in [-0.39, 0.29) is 12.5 Å². The molecule has 0 aliphatic carbocycles. The standard InChI is InChI=1S/C17H15N3O4S/c1-10(21)19-12-5-11(7-18-8-12)17-20-14-6-13(3-4-15(14)25-17)24-9-16(22)23-2/h3-8H,9H2,1-2H3,(H,19,21). The van der Waals surface area contributed by atoms with Crippen LogP contribution in [0.15, 0.2) is 36.7 Å². The molecule has 128 valence electrons. The van der Waals surface area contributed by atoms with E-state index in [4.69, 9.17) is 4.74 Å². The molecule has 3 aromatic rings. The minimum Gasteiger partial charge on any atom is -0.482 e. The number of benzene rings is 1. The van der Waals surface area contributed by atoms with Gasteiger partial charge >= 0.3 is 5.97 Å². The molecular formula is C17H15N3O4S. The summed E-state index contributed by atoms with van der Waals surface area (Å²) in [6.45, 7) is 1.29. The van der Waals surface area contributed by atoms with Gasteiger partial charge in [0.05, 0.1) is 29.2 Å². The van der Waals surface area contributed by atoms with Crippen molar-refractivity contribution in [1.82, 2.24) is 9.97 Å². The highest BCUT2D eigenvalue weighted by atomic mass is 32.1. The summed E-state index contributed by atoms with van der Waals surface area (Å²) in [5.41, 5.74) is 2.18. The number of nitrogens with one attached hydrogen (secondary N) is 1. The lowest BCUT2D eigenvalue weighted by Crippen LogP contribution is -2.12. The summed E-state index contributed by atoms with van der Waals surface area (Å²) in [6.07, 6.45) is 3.27. The average molecular weight is 357 g/mol. The van der Waals surface area contributed by atoms with Crippen LogP contribution in [0, 0.1) is 0 Å². The van der Waals surface area contributed by atoms with Crippen molar-refractivity contribution in [1.29, 1.82) is 0 Å². The second-order valence-electron chi connectivity index (χ2n) is 5.16. The first-order chi connectivity index (χ1) is 12.0. The predicted molar refractivity (Wildman–Crippen MR) is 94.7 cm³/mol. The van der Waals surface area contributed by atoms with Crippen molar-refractivity contribution in [2.45, 2.75) is 6.92 Å². The molecule has 0 unspecified atom stereocenters. The molecule has 0 bridgehead atoms. The summed E-state index contributed by atoms with van der Waals surface area (Å²) in [7, 11) is 1.31. The van der Waals surface area contributed by atoms with Gasteiger partial charge in [0.1, 0.15) is 10.8 Å². The Kier molecular flexibility index (Phi) is 4.90. The smallest absolute Gasteiger partial charge is 0.343 e. The number of pyridine rings is 1. The molecule has 3 rings (SSSR count). The van der Waals surface area contributed by atoms with Crippen molar-refractivity contribution in [3.8, 4) is 16.3 Å². The molecule has 8 heteroatoms. The van der Waals surface area contributed by atoms with Crippen molar-refractivity contribution >= 4 is 39.1 Å². The maximum atomic E-state index is 11.2. The fraction of sp³-hybridized carbons (Fsp3) is 0.176. The third-order valence-electron chi connectivity index (χ3n) is 3.25. The van der Waals surface area contributed by atoms with Gasteiger partial charge < -0.3 is 14.8 Å². The molecule has 7 nitrogen and oxygen atoms in total. The molecule has 0 saturated heterocycles. The Balaban J connectivity index is 1.86. The van der Waals surface area contributed by atoms with Crippen LogP contribution in [0.1, 0.15) is 6.92 Å². The number of hydrogen-bond donors (Lipinski definition) is 1. The number of carbonyl (C=O) groups excluding carboxylic acids is 2. The van der Waals surface area contributed by atoms with E-state index in [2.05, 4.69) is 20.0 Å². The number of fused-ring (bicyclic) bond motifs is 1. The molecule has 1 amide bonds. The fourth-order valence-corrected chi connectivity index (χ4v) is 3.08. The number of nitrogens with zero attached hydrogens (tertiary/aromatic N) is 2. The van der Waals surface area contributed by atoms with Gasteiger partial charge in [-0.25, -0.2) is 9.78 Å². The number of anilines is 1. The second kappa shape index (κ2) is 7.27. The van der Waals surface area contributed by atoms with Crippen LogP contribution >= 0.6 is 11.3 Å². The van der Waals surface area contributed by atoms with Gasteiger partial charge in [-0.15, -0.1) is 11.3 Å². The topological polar surface area (TPSA) is 90.4 Å². The van der Waals surface area contributed by atoms with E-state index < -0.39 is 5.97 Å². The van der Waals surface area contributed by atoms with Crippen molar-refractivity contribution in [3.63, 3.8) is 0 Å². The summed E-state index contributed by atoms with van der Waals surface area (Å²) >= 11 is 1.50. The zero-order chi connectivity index (χ0) is 17.8. The van der Waals surface area contributed by atoms with Crippen molar-refractivity contribution in [3.05, 3.63) is 36.7 Å². The molecule has 0 aliphatic heterocycles. The molecular weight excluding hydrogens is 342 g/mol. The molecule has 0 saturated carbocycles. The van der Waals surface area contributed by atoms with E-state index in [1.807, 2.05) is 12.1 Å². The van der Waals surface area contributed by atoms with Crippen LogP contribution in [0.5, 0.6) is 5.75 Å². The van der Waals surface area contributed by atoms with Crippen LogP contribution in [-0.4, -0.2) is 35.6 Å². The number of esters is 1. The summed E-state index contributed by atoms with van der Waals surface area (Å²) in [6, 6.07) is 7.25. The lowest BCUT2D eigenvalue weighted by atomic mass is 10.2. The van der Waals surface area contributed by atoms with Gasteiger partial charge in [-0.05, 0) is 18.2 Å². The Hall–Kier alpha value is -3.00. The van der Waals surface area contributed by atoms with Crippen LogP contribution in [0.4, 0.5) is 5.69 Å². The lowest BCUT2D eigenvalue weighted by molar-refractivity contribution is -0.142. The zero-order valence-electron chi connectivity index (χ0n) is 13.6. The molecule has 0 fully saturated rings. The third-order valence-corrected chi connectivity index (χ3v) is 4.33. The van der Waals surface area contributed by atoms with E-state index in [9.17, 15) is 9.59 Å². The molecule has 2 aromatic heterocycles. The van der Waals surface area contributed by atoms with E-state index >= 15 is 0 Å². The molecule has 0 aliphatic rings. The maximum Gasteiger partial charge on any atom is 0.343 e. The Morgan fingerprint density at radius 2 is 2.08 bits per heavy atom. The van der Waals surface area contributed by atoms with E-state index in [0.717, 1.165) is 20.8 Å². The van der Waals surface area contributed by atoms with E-state index in [0.29, 0.717) is 11.4 Å². The van der Waals surface area contributed by atoms with Gasteiger partial charge in [-0.2, -0.15) is 0 Å². The average Bonchev–Trinajstić information content (AvgIpc) is 3.02. The van der Waals surface area contributed by atoms with Crippen LogP contribution in [0.3, 0.4) is 0 Å². The number of methoxy groups -OCH3 is 1. The Morgan fingerprint density at radius 1 is 1.24 bits per heavy atom. The normalized spacial score (nSPS) is 10.5. The number of carbonyl (C=O) groups is 2. The summed E-state index contributed by atoms with van der Waals surface area (Å²) < 4.78 is 10.9. The van der Waals surface area contributed by atoms with Gasteiger partial charge in [0.2, 0.25) is 5.91 Å². The highest BCUT2D eigenvalue weighted by Gasteiger charge is 2.10. The zero-order valence-corrected chi connectivity index (χ0v) is 14.4. The number of aromatic nitrogens is 2. The van der Waals surface area contributed by atoms with Gasteiger partial charge in [0.15, 0.2) is 6.61 Å². The minimum atomic E-state index is -0.445. The molecule has 0 radical (unpaired) electrons. The van der Waals surface area contributed by atoms with Gasteiger partial charge in [-0.3, -0.25) is 9.78 Å². The quantitative estimate of drug-likeness (QED) is 0.706. The van der Waals surface area contributed by atoms with Crippen LogP contribution in [0.2, 0.25) is 0 Å². The summed E-state index contributed by atoms with van der Waals surface area (Å²) in [5, 5.41) is 3.48. The molecule has 0 atom stereocenters. The van der Waals surface area contributed by atoms with E-state index in [1.54, 1.807) is 24.5 Å². The summed E-state index contributed by atoms with van der Waals surface area (Å²) in [5.74, 6) is -0.0598. The monoisotopic (exact) mass is 357 g/mol. The maximum absolute atomic E-state index is 11.2. The third kappa shape index (κ3) is 4.10. The first kappa shape index (κ1) is 16.8. The van der Waals surface area contributed by atoms with Crippen molar-refractivity contribution < 1.29 is 19.1 Å². The Bertz CT molecular complexity index is 939. The fourth-order valence-electron chi connectivity index (χ4n) is 2.15. The Labute approximate surface area is 147 Å².